The van der Waals surface area contributed by atoms with Crippen molar-refractivity contribution >= 4 is 0 Å². The van der Waals surface area contributed by atoms with Crippen LogP contribution in [0.15, 0.2) is 4.52 Å². The van der Waals surface area contributed by atoms with Crippen molar-refractivity contribution in [3.8, 4) is 0 Å². The van der Waals surface area contributed by atoms with E-state index in [0.717, 1.165) is 0 Å². The lowest BCUT2D eigenvalue weighted by Crippen LogP contribution is -2.34. The zero-order valence-electron chi connectivity index (χ0n) is 9.43. The van der Waals surface area contributed by atoms with E-state index in [1.807, 2.05) is 0 Å². The second-order valence-electron chi connectivity index (χ2n) is 4.92. The Labute approximate surface area is 94.3 Å². The molecule has 4 atom stereocenters. The van der Waals surface area contributed by atoms with Gasteiger partial charge in [0, 0.05) is 13.2 Å². The highest BCUT2D eigenvalue weighted by molar-refractivity contribution is 5.11. The fourth-order valence-corrected chi connectivity index (χ4v) is 3.29. The van der Waals surface area contributed by atoms with Crippen LogP contribution < -0.4 is 5.73 Å². The van der Waals surface area contributed by atoms with Gasteiger partial charge in [0.2, 0.25) is 5.89 Å². The first-order chi connectivity index (χ1) is 7.79. The maximum absolute atomic E-state index is 6.22. The SMILES string of the molecule is COCc1noc(C2C3CCC(C3)C2N)n1. The molecule has 2 fully saturated rings. The predicted octanol–water partition coefficient (Wildman–Crippen LogP) is 1.06. The molecule has 0 aromatic carbocycles. The van der Waals surface area contributed by atoms with Gasteiger partial charge >= 0.3 is 0 Å². The lowest BCUT2D eigenvalue weighted by atomic mass is 9.85. The van der Waals surface area contributed by atoms with Crippen molar-refractivity contribution < 1.29 is 9.26 Å². The summed E-state index contributed by atoms with van der Waals surface area (Å²) < 4.78 is 10.3. The number of ether oxygens (including phenoxy) is 1. The van der Waals surface area contributed by atoms with Gasteiger partial charge in [0.25, 0.3) is 0 Å². The van der Waals surface area contributed by atoms with Gasteiger partial charge in [0.05, 0.1) is 5.92 Å². The first kappa shape index (κ1) is 10.2. The van der Waals surface area contributed by atoms with Crippen molar-refractivity contribution in [2.75, 3.05) is 7.11 Å². The summed E-state index contributed by atoms with van der Waals surface area (Å²) in [6.07, 6.45) is 3.75. The van der Waals surface area contributed by atoms with Gasteiger partial charge in [-0.2, -0.15) is 4.98 Å². The molecule has 4 unspecified atom stereocenters. The third-order valence-electron chi connectivity index (χ3n) is 4.02. The Morgan fingerprint density at radius 2 is 2.25 bits per heavy atom. The molecule has 0 radical (unpaired) electrons. The molecular weight excluding hydrogens is 206 g/mol. The van der Waals surface area contributed by atoms with E-state index in [9.17, 15) is 0 Å². The van der Waals surface area contributed by atoms with Gasteiger partial charge in [0.1, 0.15) is 6.61 Å². The number of nitrogens with two attached hydrogens (primary N) is 1. The quantitative estimate of drug-likeness (QED) is 0.829. The lowest BCUT2D eigenvalue weighted by molar-refractivity contribution is 0.174. The molecule has 16 heavy (non-hydrogen) atoms. The molecule has 2 aliphatic rings. The average molecular weight is 223 g/mol. The van der Waals surface area contributed by atoms with Gasteiger partial charge in [-0.1, -0.05) is 5.16 Å². The lowest BCUT2D eigenvalue weighted by Gasteiger charge is -2.24. The van der Waals surface area contributed by atoms with Crippen molar-refractivity contribution in [2.24, 2.45) is 17.6 Å². The van der Waals surface area contributed by atoms with Crippen molar-refractivity contribution in [2.45, 2.75) is 37.8 Å². The van der Waals surface area contributed by atoms with Crippen molar-refractivity contribution in [3.05, 3.63) is 11.7 Å². The Bertz CT molecular complexity index is 377. The number of hydrogen-bond acceptors (Lipinski definition) is 5. The molecule has 1 aromatic heterocycles. The topological polar surface area (TPSA) is 74.2 Å². The van der Waals surface area contributed by atoms with E-state index < -0.39 is 0 Å². The van der Waals surface area contributed by atoms with Crippen LogP contribution in [0.3, 0.4) is 0 Å². The zero-order valence-corrected chi connectivity index (χ0v) is 9.43. The summed E-state index contributed by atoms with van der Waals surface area (Å²) in [5.74, 6) is 2.92. The molecule has 1 heterocycles. The van der Waals surface area contributed by atoms with Gasteiger partial charge < -0.3 is 15.0 Å². The fraction of sp³-hybridized carbons (Fsp3) is 0.818. The molecule has 0 amide bonds. The number of methoxy groups -OCH3 is 1. The van der Waals surface area contributed by atoms with Crippen LogP contribution in [0, 0.1) is 11.8 Å². The third kappa shape index (κ3) is 1.46. The second-order valence-corrected chi connectivity index (χ2v) is 4.92. The number of aromatic nitrogens is 2. The van der Waals surface area contributed by atoms with E-state index in [-0.39, 0.29) is 12.0 Å². The van der Waals surface area contributed by atoms with Gasteiger partial charge in [-0.25, -0.2) is 0 Å². The molecule has 2 bridgehead atoms. The van der Waals surface area contributed by atoms with Crippen LogP contribution in [0.2, 0.25) is 0 Å². The summed E-state index contributed by atoms with van der Waals surface area (Å²) in [6.45, 7) is 0.402. The van der Waals surface area contributed by atoms with Crippen molar-refractivity contribution in [1.29, 1.82) is 0 Å². The molecule has 88 valence electrons. The van der Waals surface area contributed by atoms with E-state index in [0.29, 0.717) is 30.2 Å². The van der Waals surface area contributed by atoms with E-state index >= 15 is 0 Å². The highest BCUT2D eigenvalue weighted by atomic mass is 16.5. The molecule has 0 saturated heterocycles. The molecular formula is C11H17N3O2. The van der Waals surface area contributed by atoms with Gasteiger partial charge in [-0.15, -0.1) is 0 Å². The monoisotopic (exact) mass is 223 g/mol. The van der Waals surface area contributed by atoms with Crippen molar-refractivity contribution in [1.82, 2.24) is 10.1 Å². The minimum atomic E-state index is 0.203. The highest BCUT2D eigenvalue weighted by Gasteiger charge is 2.48. The van der Waals surface area contributed by atoms with Gasteiger partial charge in [-0.3, -0.25) is 0 Å². The van der Waals surface area contributed by atoms with E-state index in [1.165, 1.54) is 19.3 Å². The minimum absolute atomic E-state index is 0.203. The first-order valence-electron chi connectivity index (χ1n) is 5.86. The van der Waals surface area contributed by atoms with E-state index in [4.69, 9.17) is 15.0 Å². The predicted molar refractivity (Wildman–Crippen MR) is 56.6 cm³/mol. The fourth-order valence-electron chi connectivity index (χ4n) is 3.29. The largest absolute Gasteiger partial charge is 0.377 e. The van der Waals surface area contributed by atoms with Crippen LogP contribution >= 0.6 is 0 Å². The van der Waals surface area contributed by atoms with E-state index in [2.05, 4.69) is 10.1 Å². The smallest absolute Gasteiger partial charge is 0.231 e. The van der Waals surface area contributed by atoms with Crippen LogP contribution in [-0.4, -0.2) is 23.3 Å². The normalized spacial score (nSPS) is 37.1. The molecule has 3 rings (SSSR count). The third-order valence-corrected chi connectivity index (χ3v) is 4.02. The van der Waals surface area contributed by atoms with Crippen LogP contribution in [0.4, 0.5) is 0 Å². The van der Waals surface area contributed by atoms with Crippen LogP contribution in [0.25, 0.3) is 0 Å². The van der Waals surface area contributed by atoms with Crippen LogP contribution in [-0.2, 0) is 11.3 Å². The Morgan fingerprint density at radius 3 is 2.94 bits per heavy atom. The molecule has 0 aliphatic heterocycles. The van der Waals surface area contributed by atoms with Crippen LogP contribution in [0.1, 0.15) is 36.9 Å². The summed E-state index contributed by atoms with van der Waals surface area (Å²) in [4.78, 5) is 4.37. The summed E-state index contributed by atoms with van der Waals surface area (Å²) in [5, 5.41) is 3.90. The summed E-state index contributed by atoms with van der Waals surface area (Å²) >= 11 is 0. The molecule has 1 aromatic rings. The summed E-state index contributed by atoms with van der Waals surface area (Å²) in [6, 6.07) is 0.203. The Morgan fingerprint density at radius 1 is 1.44 bits per heavy atom. The molecule has 2 saturated carbocycles. The number of nitrogens with zero attached hydrogens (tertiary/aromatic N) is 2. The van der Waals surface area contributed by atoms with Crippen LogP contribution in [0.5, 0.6) is 0 Å². The van der Waals surface area contributed by atoms with Gasteiger partial charge in [0.15, 0.2) is 5.82 Å². The summed E-state index contributed by atoms with van der Waals surface area (Å²) in [7, 11) is 1.62. The maximum atomic E-state index is 6.22. The second kappa shape index (κ2) is 3.82. The molecule has 0 spiro atoms. The number of rotatable bonds is 3. The van der Waals surface area contributed by atoms with E-state index in [1.54, 1.807) is 7.11 Å². The Balaban J connectivity index is 1.81. The number of hydrogen-bond donors (Lipinski definition) is 1. The summed E-state index contributed by atoms with van der Waals surface area (Å²) in [5.41, 5.74) is 6.22. The van der Waals surface area contributed by atoms with Crippen molar-refractivity contribution in [3.63, 3.8) is 0 Å². The van der Waals surface area contributed by atoms with Gasteiger partial charge in [-0.05, 0) is 31.1 Å². The standard InChI is InChI=1S/C11H17N3O2/c1-15-5-8-13-11(16-14-8)9-6-2-3-7(4-6)10(9)12/h6-7,9-10H,2-5,12H2,1H3. The number of fused-ring (bicyclic) bond motifs is 2. The maximum Gasteiger partial charge on any atom is 0.231 e. The Hall–Kier alpha value is -0.940. The molecule has 2 N–H and O–H groups in total. The highest BCUT2D eigenvalue weighted by Crippen LogP contribution is 2.51. The first-order valence-corrected chi connectivity index (χ1v) is 5.86. The minimum Gasteiger partial charge on any atom is -0.377 e. The molecule has 2 aliphatic carbocycles. The molecule has 5 heteroatoms. The average Bonchev–Trinajstić information content (AvgIpc) is 2.93. The Kier molecular flexibility index (Phi) is 2.44. The molecule has 5 nitrogen and oxygen atoms in total. The zero-order chi connectivity index (χ0) is 11.1.